The normalized spacial score (nSPS) is 18.5. The van der Waals surface area contributed by atoms with Gasteiger partial charge in [0.25, 0.3) is 0 Å². The van der Waals surface area contributed by atoms with Crippen molar-refractivity contribution < 1.29 is 14.2 Å². The minimum Gasteiger partial charge on any atom is -0.373 e. The van der Waals surface area contributed by atoms with E-state index in [1.807, 2.05) is 18.3 Å². The van der Waals surface area contributed by atoms with Crippen LogP contribution in [0.2, 0.25) is 0 Å². The number of hydrogen-bond donors (Lipinski definition) is 0. The zero-order valence-electron chi connectivity index (χ0n) is 13.0. The number of nitrogens with zero attached hydrogens (tertiary/aromatic N) is 1. The third-order valence-corrected chi connectivity index (χ3v) is 3.32. The highest BCUT2D eigenvalue weighted by molar-refractivity contribution is 5.12. The zero-order chi connectivity index (χ0) is 14.9. The first-order valence-electron chi connectivity index (χ1n) is 7.62. The van der Waals surface area contributed by atoms with Crippen LogP contribution in [0.1, 0.15) is 44.4 Å². The highest BCUT2D eigenvalue weighted by Crippen LogP contribution is 2.15. The van der Waals surface area contributed by atoms with Gasteiger partial charge >= 0.3 is 0 Å². The van der Waals surface area contributed by atoms with Crippen LogP contribution in [0, 0.1) is 0 Å². The van der Waals surface area contributed by atoms with Crippen molar-refractivity contribution >= 4 is 0 Å². The second-order valence-corrected chi connectivity index (χ2v) is 5.56. The van der Waals surface area contributed by atoms with Gasteiger partial charge in [0.1, 0.15) is 0 Å². The third-order valence-electron chi connectivity index (χ3n) is 3.32. The number of hydrogen-bond acceptors (Lipinski definition) is 4. The van der Waals surface area contributed by atoms with Crippen molar-refractivity contribution in [3.8, 4) is 0 Å². The fourth-order valence-electron chi connectivity index (χ4n) is 2.05. The van der Waals surface area contributed by atoms with E-state index in [-0.39, 0.29) is 6.29 Å². The van der Waals surface area contributed by atoms with Crippen molar-refractivity contribution in [1.29, 1.82) is 0 Å². The molecule has 0 aliphatic carbocycles. The average Bonchev–Trinajstić information content (AvgIpc) is 2.51. The van der Waals surface area contributed by atoms with Crippen LogP contribution in [0.25, 0.3) is 0 Å². The van der Waals surface area contributed by atoms with Crippen molar-refractivity contribution in [1.82, 2.24) is 4.98 Å². The van der Waals surface area contributed by atoms with E-state index in [0.717, 1.165) is 30.7 Å². The van der Waals surface area contributed by atoms with Crippen molar-refractivity contribution in [2.45, 2.75) is 52.6 Å². The van der Waals surface area contributed by atoms with Gasteiger partial charge in [-0.2, -0.15) is 0 Å². The highest BCUT2D eigenvalue weighted by atomic mass is 16.7. The molecule has 1 saturated heterocycles. The Hall–Kier alpha value is -1.23. The van der Waals surface area contributed by atoms with Gasteiger partial charge in [-0.1, -0.05) is 17.7 Å². The van der Waals surface area contributed by atoms with Crippen LogP contribution >= 0.6 is 0 Å². The Morgan fingerprint density at radius 1 is 1.33 bits per heavy atom. The molecule has 116 valence electrons. The molecule has 21 heavy (non-hydrogen) atoms. The lowest BCUT2D eigenvalue weighted by molar-refractivity contribution is -0.169. The monoisotopic (exact) mass is 291 g/mol. The predicted molar refractivity (Wildman–Crippen MR) is 81.7 cm³/mol. The second-order valence-electron chi connectivity index (χ2n) is 5.56. The van der Waals surface area contributed by atoms with Crippen molar-refractivity contribution in [2.24, 2.45) is 0 Å². The van der Waals surface area contributed by atoms with E-state index in [2.05, 4.69) is 24.9 Å². The molecular formula is C17H25NO3. The standard InChI is InChI=1S/C17H25NO3/c1-14(2)8-10-19-12-15-6-7-16(18-11-15)13-21-17-5-3-4-9-20-17/h6-8,11,17H,3-5,9-10,12-13H2,1-2H3. The van der Waals surface area contributed by atoms with Crippen molar-refractivity contribution in [3.63, 3.8) is 0 Å². The minimum absolute atomic E-state index is 0.0624. The molecule has 0 N–H and O–H groups in total. The molecule has 2 heterocycles. The van der Waals surface area contributed by atoms with Crippen LogP contribution in [-0.4, -0.2) is 24.5 Å². The topological polar surface area (TPSA) is 40.6 Å². The van der Waals surface area contributed by atoms with E-state index in [1.165, 1.54) is 12.0 Å². The summed E-state index contributed by atoms with van der Waals surface area (Å²) in [5.41, 5.74) is 3.28. The van der Waals surface area contributed by atoms with E-state index in [1.54, 1.807) is 0 Å². The van der Waals surface area contributed by atoms with Crippen molar-refractivity contribution in [2.75, 3.05) is 13.2 Å². The van der Waals surface area contributed by atoms with Gasteiger partial charge in [-0.3, -0.25) is 4.98 Å². The number of ether oxygens (including phenoxy) is 3. The predicted octanol–water partition coefficient (Wildman–Crippen LogP) is 3.61. The molecule has 1 unspecified atom stereocenters. The summed E-state index contributed by atoms with van der Waals surface area (Å²) in [6.07, 6.45) is 7.16. The molecule has 1 aliphatic heterocycles. The fourth-order valence-corrected chi connectivity index (χ4v) is 2.05. The quantitative estimate of drug-likeness (QED) is 0.568. The van der Waals surface area contributed by atoms with Crippen LogP contribution in [0.3, 0.4) is 0 Å². The zero-order valence-corrected chi connectivity index (χ0v) is 13.0. The molecule has 0 spiro atoms. The maximum Gasteiger partial charge on any atom is 0.158 e. The molecule has 1 fully saturated rings. The summed E-state index contributed by atoms with van der Waals surface area (Å²) in [7, 11) is 0. The molecule has 0 radical (unpaired) electrons. The maximum atomic E-state index is 5.71. The average molecular weight is 291 g/mol. The van der Waals surface area contributed by atoms with Crippen LogP contribution < -0.4 is 0 Å². The molecule has 1 aromatic heterocycles. The van der Waals surface area contributed by atoms with Gasteiger partial charge in [-0.15, -0.1) is 0 Å². The molecule has 1 aliphatic rings. The maximum absolute atomic E-state index is 5.71. The van der Waals surface area contributed by atoms with E-state index >= 15 is 0 Å². The molecule has 4 heteroatoms. The van der Waals surface area contributed by atoms with Gasteiger partial charge in [0.05, 0.1) is 25.5 Å². The molecule has 0 amide bonds. The molecule has 1 atom stereocenters. The summed E-state index contributed by atoms with van der Waals surface area (Å²) in [5.74, 6) is 0. The first kappa shape index (κ1) is 16.1. The van der Waals surface area contributed by atoms with Gasteiger partial charge in [0.15, 0.2) is 6.29 Å². The summed E-state index contributed by atoms with van der Waals surface area (Å²) < 4.78 is 16.8. The van der Waals surface area contributed by atoms with Gasteiger partial charge in [-0.05, 0) is 44.7 Å². The molecule has 4 nitrogen and oxygen atoms in total. The van der Waals surface area contributed by atoms with E-state index in [0.29, 0.717) is 19.8 Å². The summed E-state index contributed by atoms with van der Waals surface area (Å²) in [5, 5.41) is 0. The number of pyridine rings is 1. The minimum atomic E-state index is -0.0624. The number of aromatic nitrogens is 1. The van der Waals surface area contributed by atoms with Crippen LogP contribution in [0.15, 0.2) is 30.0 Å². The lowest BCUT2D eigenvalue weighted by atomic mass is 10.2. The Morgan fingerprint density at radius 2 is 2.24 bits per heavy atom. The summed E-state index contributed by atoms with van der Waals surface area (Å²) in [6, 6.07) is 4.03. The van der Waals surface area contributed by atoms with Crippen molar-refractivity contribution in [3.05, 3.63) is 41.2 Å². The summed E-state index contributed by atoms with van der Waals surface area (Å²) in [4.78, 5) is 4.40. The molecule has 2 rings (SSSR count). The number of rotatable bonds is 7. The fraction of sp³-hybridized carbons (Fsp3) is 0.588. The Kier molecular flexibility index (Phi) is 6.86. The molecular weight excluding hydrogens is 266 g/mol. The molecule has 0 aromatic carbocycles. The van der Waals surface area contributed by atoms with Crippen LogP contribution in [0.4, 0.5) is 0 Å². The highest BCUT2D eigenvalue weighted by Gasteiger charge is 2.14. The smallest absolute Gasteiger partial charge is 0.158 e. The number of allylic oxidation sites excluding steroid dienone is 1. The van der Waals surface area contributed by atoms with Gasteiger partial charge in [-0.25, -0.2) is 0 Å². The first-order valence-corrected chi connectivity index (χ1v) is 7.62. The van der Waals surface area contributed by atoms with Gasteiger partial charge in [0.2, 0.25) is 0 Å². The van der Waals surface area contributed by atoms with Gasteiger partial charge < -0.3 is 14.2 Å². The van der Waals surface area contributed by atoms with Crippen LogP contribution in [0.5, 0.6) is 0 Å². The lowest BCUT2D eigenvalue weighted by Gasteiger charge is -2.22. The lowest BCUT2D eigenvalue weighted by Crippen LogP contribution is -2.22. The molecule has 0 bridgehead atoms. The Balaban J connectivity index is 1.69. The summed E-state index contributed by atoms with van der Waals surface area (Å²) >= 11 is 0. The van der Waals surface area contributed by atoms with Crippen LogP contribution in [-0.2, 0) is 27.4 Å². The first-order chi connectivity index (χ1) is 10.2. The van der Waals surface area contributed by atoms with E-state index in [9.17, 15) is 0 Å². The third kappa shape index (κ3) is 6.38. The Morgan fingerprint density at radius 3 is 2.90 bits per heavy atom. The molecule has 1 aromatic rings. The largest absolute Gasteiger partial charge is 0.373 e. The van der Waals surface area contributed by atoms with E-state index < -0.39 is 0 Å². The SMILES string of the molecule is CC(C)=CCOCc1ccc(COC2CCCCO2)nc1. The van der Waals surface area contributed by atoms with E-state index in [4.69, 9.17) is 14.2 Å². The second kappa shape index (κ2) is 8.93. The Labute approximate surface area is 127 Å². The van der Waals surface area contributed by atoms with Gasteiger partial charge in [0, 0.05) is 12.8 Å². The molecule has 0 saturated carbocycles. The Bertz CT molecular complexity index is 432. The summed E-state index contributed by atoms with van der Waals surface area (Å²) in [6.45, 7) is 6.67.